The molecule has 4 rings (SSSR count). The van der Waals surface area contributed by atoms with E-state index in [1.807, 2.05) is 0 Å². The molecule has 1 saturated heterocycles. The first-order valence-corrected chi connectivity index (χ1v) is 13.2. The molecule has 0 bridgehead atoms. The maximum absolute atomic E-state index is 13.0. The van der Waals surface area contributed by atoms with Crippen molar-refractivity contribution in [2.75, 3.05) is 0 Å². The fourth-order valence-electron chi connectivity index (χ4n) is 7.29. The average Bonchev–Trinajstić information content (AvgIpc) is 3.01. The summed E-state index contributed by atoms with van der Waals surface area (Å²) in [6.07, 6.45) is 25.2. The molecule has 2 saturated carbocycles. The summed E-state index contributed by atoms with van der Waals surface area (Å²) in [6, 6.07) is 0. The fourth-order valence-corrected chi connectivity index (χ4v) is 7.29. The van der Waals surface area contributed by atoms with Gasteiger partial charge in [0.15, 0.2) is 0 Å². The molecule has 0 amide bonds. The molecule has 0 unspecified atom stereocenters. The highest BCUT2D eigenvalue weighted by Crippen LogP contribution is 2.44. The number of carbonyl (C=O) groups is 1. The van der Waals surface area contributed by atoms with Crippen molar-refractivity contribution in [3.63, 3.8) is 0 Å². The molecule has 0 atom stereocenters. The largest absolute Gasteiger partial charge is 0.462 e. The Hall–Kier alpha value is -1.35. The van der Waals surface area contributed by atoms with Gasteiger partial charge in [0.05, 0.1) is 5.92 Å². The first-order chi connectivity index (χ1) is 15.2. The van der Waals surface area contributed by atoms with Crippen molar-refractivity contribution < 1.29 is 9.53 Å². The van der Waals surface area contributed by atoms with Crippen LogP contribution in [0.25, 0.3) is 0 Å². The van der Waals surface area contributed by atoms with Crippen LogP contribution in [0.4, 0.5) is 0 Å². The van der Waals surface area contributed by atoms with Gasteiger partial charge in [0.25, 0.3) is 0 Å². The van der Waals surface area contributed by atoms with Gasteiger partial charge in [-0.25, -0.2) is 0 Å². The zero-order valence-corrected chi connectivity index (χ0v) is 20.8. The number of rotatable bonds is 4. The molecule has 32 heavy (non-hydrogen) atoms. The normalized spacial score (nSPS) is 35.4. The summed E-state index contributed by atoms with van der Waals surface area (Å²) in [5.74, 6) is 3.30. The smallest absolute Gasteiger partial charge is 0.309 e. The number of hydrogen-bond acceptors (Lipinski definition) is 3. The Bertz CT molecular complexity index is 698. The van der Waals surface area contributed by atoms with Crippen molar-refractivity contribution in [3.05, 3.63) is 36.5 Å². The molecule has 0 radical (unpaired) electrons. The van der Waals surface area contributed by atoms with E-state index in [1.165, 1.54) is 38.5 Å². The lowest BCUT2D eigenvalue weighted by atomic mass is 9.67. The van der Waals surface area contributed by atoms with E-state index in [-0.39, 0.29) is 29.1 Å². The molecule has 3 nitrogen and oxygen atoms in total. The maximum Gasteiger partial charge on any atom is 0.309 e. The Morgan fingerprint density at radius 3 is 1.72 bits per heavy atom. The first kappa shape index (κ1) is 23.8. The van der Waals surface area contributed by atoms with Crippen LogP contribution in [0.3, 0.4) is 0 Å². The van der Waals surface area contributed by atoms with Gasteiger partial charge in [0, 0.05) is 23.9 Å². The number of esters is 1. The monoisotopic (exact) mass is 439 g/mol. The van der Waals surface area contributed by atoms with E-state index in [4.69, 9.17) is 4.74 Å². The second-order valence-electron chi connectivity index (χ2n) is 12.4. The summed E-state index contributed by atoms with van der Waals surface area (Å²) in [6.45, 7) is 8.86. The zero-order chi connectivity index (χ0) is 22.8. The molecule has 0 aromatic rings. The molecule has 178 valence electrons. The van der Waals surface area contributed by atoms with Crippen molar-refractivity contribution in [1.29, 1.82) is 0 Å². The summed E-state index contributed by atoms with van der Waals surface area (Å²) >= 11 is 0. The van der Waals surface area contributed by atoms with Gasteiger partial charge in [-0.3, -0.25) is 4.79 Å². The highest BCUT2D eigenvalue weighted by molar-refractivity contribution is 5.72. The minimum Gasteiger partial charge on any atom is -0.462 e. The van der Waals surface area contributed by atoms with Crippen LogP contribution < -0.4 is 5.32 Å². The minimum atomic E-state index is 0.0159. The molecule has 1 N–H and O–H groups in total. The quantitative estimate of drug-likeness (QED) is 0.492. The van der Waals surface area contributed by atoms with Gasteiger partial charge in [-0.05, 0) is 103 Å². The van der Waals surface area contributed by atoms with E-state index >= 15 is 0 Å². The minimum absolute atomic E-state index is 0.0159. The van der Waals surface area contributed by atoms with Crippen molar-refractivity contribution >= 4 is 5.97 Å². The van der Waals surface area contributed by atoms with Gasteiger partial charge in [0.2, 0.25) is 0 Å². The summed E-state index contributed by atoms with van der Waals surface area (Å²) < 4.78 is 6.08. The fraction of sp³-hybridized carbons (Fsp3) is 0.759. The van der Waals surface area contributed by atoms with Crippen LogP contribution in [0.5, 0.6) is 0 Å². The summed E-state index contributed by atoms with van der Waals surface area (Å²) in [4.78, 5) is 13.0. The van der Waals surface area contributed by atoms with Gasteiger partial charge in [-0.2, -0.15) is 0 Å². The maximum atomic E-state index is 13.0. The molecule has 0 aromatic carbocycles. The SMILES string of the molecule is CC1(C)CC(OC(=O)C2CCC(C3CCC(C4C=CC=CC=C4)CC3)CC2)CC(C)(C)N1. The van der Waals surface area contributed by atoms with Crippen LogP contribution in [0.1, 0.15) is 91.9 Å². The number of nitrogens with one attached hydrogen (secondary N) is 1. The van der Waals surface area contributed by atoms with E-state index in [0.29, 0.717) is 5.92 Å². The lowest BCUT2D eigenvalue weighted by Crippen LogP contribution is -2.59. The van der Waals surface area contributed by atoms with E-state index in [0.717, 1.165) is 43.4 Å². The summed E-state index contributed by atoms with van der Waals surface area (Å²) in [7, 11) is 0. The van der Waals surface area contributed by atoms with E-state index in [2.05, 4.69) is 69.5 Å². The number of carbonyl (C=O) groups excluding carboxylic acids is 1. The summed E-state index contributed by atoms with van der Waals surface area (Å²) in [5, 5.41) is 3.68. The van der Waals surface area contributed by atoms with Gasteiger partial charge < -0.3 is 10.1 Å². The molecule has 3 aliphatic carbocycles. The molecular weight excluding hydrogens is 394 g/mol. The number of ether oxygens (including phenoxy) is 1. The van der Waals surface area contributed by atoms with E-state index in [1.54, 1.807) is 0 Å². The Balaban J connectivity index is 1.21. The zero-order valence-electron chi connectivity index (χ0n) is 20.8. The molecule has 1 aliphatic heterocycles. The Morgan fingerprint density at radius 2 is 1.19 bits per heavy atom. The Morgan fingerprint density at radius 1 is 0.719 bits per heavy atom. The topological polar surface area (TPSA) is 38.3 Å². The molecule has 1 heterocycles. The highest BCUT2D eigenvalue weighted by Gasteiger charge is 2.41. The van der Waals surface area contributed by atoms with Gasteiger partial charge in [-0.15, -0.1) is 0 Å². The number of piperidine rings is 1. The van der Waals surface area contributed by atoms with Crippen LogP contribution in [0, 0.1) is 29.6 Å². The third-order valence-electron chi connectivity index (χ3n) is 8.57. The second-order valence-corrected chi connectivity index (χ2v) is 12.4. The van der Waals surface area contributed by atoms with Crippen molar-refractivity contribution in [3.8, 4) is 0 Å². The van der Waals surface area contributed by atoms with Gasteiger partial charge in [0.1, 0.15) is 6.10 Å². The summed E-state index contributed by atoms with van der Waals surface area (Å²) in [5.41, 5.74) is 0.0318. The standard InChI is InChI=1S/C29H45NO2/c1-28(2)19-26(20-29(3,4)30-28)32-27(31)25-17-15-24(16-18-25)23-13-11-22(12-14-23)21-9-7-5-6-8-10-21/h5-10,21-26,30H,11-20H2,1-4H3. The van der Waals surface area contributed by atoms with Gasteiger partial charge >= 0.3 is 5.97 Å². The van der Waals surface area contributed by atoms with E-state index in [9.17, 15) is 4.79 Å². The predicted octanol–water partition coefficient (Wildman–Crippen LogP) is 6.75. The van der Waals surface area contributed by atoms with Crippen molar-refractivity contribution in [2.45, 2.75) is 109 Å². The van der Waals surface area contributed by atoms with Crippen LogP contribution in [-0.4, -0.2) is 23.2 Å². The third kappa shape index (κ3) is 6.16. The Kier molecular flexibility index (Phi) is 7.34. The molecule has 0 aromatic heterocycles. The Labute approximate surface area is 196 Å². The molecule has 4 aliphatic rings. The van der Waals surface area contributed by atoms with Gasteiger partial charge in [-0.1, -0.05) is 36.5 Å². The molecule has 0 spiro atoms. The van der Waals surface area contributed by atoms with Crippen molar-refractivity contribution in [2.24, 2.45) is 29.6 Å². The lowest BCUT2D eigenvalue weighted by molar-refractivity contribution is -0.159. The van der Waals surface area contributed by atoms with Crippen LogP contribution in [0.2, 0.25) is 0 Å². The predicted molar refractivity (Wildman–Crippen MR) is 132 cm³/mol. The van der Waals surface area contributed by atoms with E-state index < -0.39 is 0 Å². The number of hydrogen-bond donors (Lipinski definition) is 1. The average molecular weight is 440 g/mol. The van der Waals surface area contributed by atoms with Crippen LogP contribution in [0.15, 0.2) is 36.5 Å². The molecular formula is C29H45NO2. The van der Waals surface area contributed by atoms with Crippen LogP contribution >= 0.6 is 0 Å². The molecule has 3 heteroatoms. The lowest BCUT2D eigenvalue weighted by Gasteiger charge is -2.46. The third-order valence-corrected chi connectivity index (χ3v) is 8.57. The van der Waals surface area contributed by atoms with Crippen LogP contribution in [-0.2, 0) is 9.53 Å². The molecule has 3 fully saturated rings. The first-order valence-electron chi connectivity index (χ1n) is 13.2. The van der Waals surface area contributed by atoms with Crippen molar-refractivity contribution in [1.82, 2.24) is 5.32 Å². The highest BCUT2D eigenvalue weighted by atomic mass is 16.5. The number of allylic oxidation sites excluding steroid dienone is 6. The second kappa shape index (κ2) is 9.87.